The number of carbonyl (C=O) groups excluding carboxylic acids is 1. The third kappa shape index (κ3) is 3.07. The first kappa shape index (κ1) is 11.7. The molecule has 1 heterocycles. The fourth-order valence-electron chi connectivity index (χ4n) is 1.01. The molecule has 5 nitrogen and oxygen atoms in total. The van der Waals surface area contributed by atoms with E-state index in [2.05, 4.69) is 15.7 Å². The number of aromatic nitrogens is 1. The molecule has 0 saturated carbocycles. The number of nitrogens with zero attached hydrogens (tertiary/aromatic N) is 1. The van der Waals surface area contributed by atoms with Crippen LogP contribution in [-0.4, -0.2) is 16.9 Å². The Morgan fingerprint density at radius 3 is 2.73 bits per heavy atom. The fraction of sp³-hybridized carbons (Fsp3) is 0.333. The van der Waals surface area contributed by atoms with Crippen LogP contribution in [0.3, 0.4) is 0 Å². The van der Waals surface area contributed by atoms with E-state index in [-0.39, 0.29) is 11.9 Å². The van der Waals surface area contributed by atoms with Crippen molar-refractivity contribution in [3.63, 3.8) is 0 Å². The standard InChI is InChI=1S/C9H13ClN4O/c1-5(2)13-9(15)6-3-7(10)8(14-11)12-4-6/h3-5H,11H2,1-2H3,(H,12,14)(H,13,15). The molecule has 0 aliphatic rings. The number of hydrazine groups is 1. The van der Waals surface area contributed by atoms with Crippen molar-refractivity contribution in [1.82, 2.24) is 10.3 Å². The van der Waals surface area contributed by atoms with Gasteiger partial charge in [0.1, 0.15) is 0 Å². The van der Waals surface area contributed by atoms with Crippen molar-refractivity contribution in [2.45, 2.75) is 19.9 Å². The van der Waals surface area contributed by atoms with E-state index in [0.717, 1.165) is 0 Å². The number of rotatable bonds is 3. The van der Waals surface area contributed by atoms with Gasteiger partial charge < -0.3 is 10.7 Å². The Balaban J connectivity index is 2.87. The molecule has 4 N–H and O–H groups in total. The molecule has 6 heteroatoms. The summed E-state index contributed by atoms with van der Waals surface area (Å²) in [5.41, 5.74) is 2.74. The maximum atomic E-state index is 11.5. The quantitative estimate of drug-likeness (QED) is 0.536. The summed E-state index contributed by atoms with van der Waals surface area (Å²) in [4.78, 5) is 15.4. The highest BCUT2D eigenvalue weighted by atomic mass is 35.5. The second-order valence-electron chi connectivity index (χ2n) is 3.33. The Morgan fingerprint density at radius 1 is 1.60 bits per heavy atom. The molecule has 0 radical (unpaired) electrons. The van der Waals surface area contributed by atoms with Gasteiger partial charge in [0, 0.05) is 12.2 Å². The number of amides is 1. The van der Waals surface area contributed by atoms with Gasteiger partial charge in [-0.15, -0.1) is 0 Å². The highest BCUT2D eigenvalue weighted by Gasteiger charge is 2.09. The number of hydrogen-bond acceptors (Lipinski definition) is 4. The van der Waals surface area contributed by atoms with Crippen LogP contribution < -0.4 is 16.6 Å². The first-order chi connectivity index (χ1) is 7.04. The summed E-state index contributed by atoms with van der Waals surface area (Å²) in [6.45, 7) is 3.76. The number of pyridine rings is 1. The van der Waals surface area contributed by atoms with Crippen LogP contribution in [0.5, 0.6) is 0 Å². The van der Waals surface area contributed by atoms with Gasteiger partial charge in [-0.3, -0.25) is 4.79 Å². The largest absolute Gasteiger partial charge is 0.350 e. The number of carbonyl (C=O) groups is 1. The summed E-state index contributed by atoms with van der Waals surface area (Å²) < 4.78 is 0. The number of nitrogens with one attached hydrogen (secondary N) is 2. The second kappa shape index (κ2) is 4.95. The minimum absolute atomic E-state index is 0.0728. The maximum Gasteiger partial charge on any atom is 0.253 e. The Hall–Kier alpha value is -1.33. The molecule has 0 aliphatic carbocycles. The van der Waals surface area contributed by atoms with Crippen LogP contribution in [0, 0.1) is 0 Å². The SMILES string of the molecule is CC(C)NC(=O)c1cnc(NN)c(Cl)c1. The van der Waals surface area contributed by atoms with Crippen LogP contribution in [0.15, 0.2) is 12.3 Å². The summed E-state index contributed by atoms with van der Waals surface area (Å²) in [5.74, 6) is 5.30. The molecule has 0 fully saturated rings. The minimum Gasteiger partial charge on any atom is -0.350 e. The molecular weight excluding hydrogens is 216 g/mol. The predicted octanol–water partition coefficient (Wildman–Crippen LogP) is 1.16. The molecule has 0 bridgehead atoms. The van der Waals surface area contributed by atoms with E-state index in [1.54, 1.807) is 0 Å². The lowest BCUT2D eigenvalue weighted by Crippen LogP contribution is -2.30. The molecule has 1 aromatic heterocycles. The van der Waals surface area contributed by atoms with E-state index in [0.29, 0.717) is 16.4 Å². The van der Waals surface area contributed by atoms with Crippen molar-refractivity contribution in [2.24, 2.45) is 5.84 Å². The second-order valence-corrected chi connectivity index (χ2v) is 3.73. The Morgan fingerprint density at radius 2 is 2.27 bits per heavy atom. The Labute approximate surface area is 93.0 Å². The van der Waals surface area contributed by atoms with Crippen LogP contribution in [0.2, 0.25) is 5.02 Å². The number of hydrogen-bond donors (Lipinski definition) is 3. The maximum absolute atomic E-state index is 11.5. The van der Waals surface area contributed by atoms with Crippen molar-refractivity contribution in [3.8, 4) is 0 Å². The first-order valence-electron chi connectivity index (χ1n) is 4.47. The molecule has 0 unspecified atom stereocenters. The van der Waals surface area contributed by atoms with Crippen LogP contribution in [0.4, 0.5) is 5.82 Å². The van der Waals surface area contributed by atoms with E-state index in [1.165, 1.54) is 12.3 Å². The monoisotopic (exact) mass is 228 g/mol. The molecule has 0 aliphatic heterocycles. The van der Waals surface area contributed by atoms with Gasteiger partial charge in [0.25, 0.3) is 5.91 Å². The predicted molar refractivity (Wildman–Crippen MR) is 59.7 cm³/mol. The van der Waals surface area contributed by atoms with E-state index in [9.17, 15) is 4.79 Å². The number of halogens is 1. The number of anilines is 1. The van der Waals surface area contributed by atoms with E-state index < -0.39 is 0 Å². The molecule has 15 heavy (non-hydrogen) atoms. The van der Waals surface area contributed by atoms with Crippen molar-refractivity contribution in [2.75, 3.05) is 5.43 Å². The van der Waals surface area contributed by atoms with Gasteiger partial charge >= 0.3 is 0 Å². The van der Waals surface area contributed by atoms with Crippen molar-refractivity contribution in [3.05, 3.63) is 22.8 Å². The summed E-state index contributed by atoms with van der Waals surface area (Å²) >= 11 is 5.83. The highest BCUT2D eigenvalue weighted by molar-refractivity contribution is 6.33. The fourth-order valence-corrected chi connectivity index (χ4v) is 1.23. The zero-order chi connectivity index (χ0) is 11.4. The van der Waals surface area contributed by atoms with Crippen LogP contribution in [-0.2, 0) is 0 Å². The molecule has 1 aromatic rings. The summed E-state index contributed by atoms with van der Waals surface area (Å²) in [5, 5.41) is 3.05. The van der Waals surface area contributed by atoms with Gasteiger partial charge in [0.15, 0.2) is 5.82 Å². The lowest BCUT2D eigenvalue weighted by Gasteiger charge is -2.09. The van der Waals surface area contributed by atoms with Gasteiger partial charge in [0.2, 0.25) is 0 Å². The topological polar surface area (TPSA) is 80.0 Å². The highest BCUT2D eigenvalue weighted by Crippen LogP contribution is 2.18. The molecule has 0 saturated heterocycles. The zero-order valence-electron chi connectivity index (χ0n) is 8.54. The van der Waals surface area contributed by atoms with Gasteiger partial charge in [0.05, 0.1) is 10.6 Å². The van der Waals surface area contributed by atoms with E-state index in [1.807, 2.05) is 13.8 Å². The lowest BCUT2D eigenvalue weighted by atomic mass is 10.2. The average Bonchev–Trinajstić information content (AvgIpc) is 2.16. The van der Waals surface area contributed by atoms with Gasteiger partial charge in [-0.1, -0.05) is 11.6 Å². The third-order valence-electron chi connectivity index (χ3n) is 1.66. The molecular formula is C9H13ClN4O. The Kier molecular flexibility index (Phi) is 3.88. The van der Waals surface area contributed by atoms with Gasteiger partial charge in [-0.05, 0) is 19.9 Å². The van der Waals surface area contributed by atoms with E-state index >= 15 is 0 Å². The smallest absolute Gasteiger partial charge is 0.253 e. The van der Waals surface area contributed by atoms with Crippen molar-refractivity contribution in [1.29, 1.82) is 0 Å². The average molecular weight is 229 g/mol. The van der Waals surface area contributed by atoms with Crippen LogP contribution in [0.1, 0.15) is 24.2 Å². The number of nitrogens with two attached hydrogens (primary N) is 1. The summed E-state index contributed by atoms with van der Waals surface area (Å²) in [6.07, 6.45) is 1.42. The molecule has 1 rings (SSSR count). The van der Waals surface area contributed by atoms with Crippen molar-refractivity contribution >= 4 is 23.3 Å². The lowest BCUT2D eigenvalue weighted by molar-refractivity contribution is 0.0943. The number of nitrogen functional groups attached to an aromatic ring is 1. The molecule has 0 spiro atoms. The Bertz CT molecular complexity index is 367. The minimum atomic E-state index is -0.206. The van der Waals surface area contributed by atoms with Gasteiger partial charge in [-0.25, -0.2) is 10.8 Å². The molecule has 0 aromatic carbocycles. The van der Waals surface area contributed by atoms with Crippen LogP contribution in [0.25, 0.3) is 0 Å². The summed E-state index contributed by atoms with van der Waals surface area (Å²) in [6, 6.07) is 1.59. The van der Waals surface area contributed by atoms with E-state index in [4.69, 9.17) is 17.4 Å². The zero-order valence-corrected chi connectivity index (χ0v) is 9.30. The molecule has 82 valence electrons. The van der Waals surface area contributed by atoms with Crippen LogP contribution >= 0.6 is 11.6 Å². The molecule has 1 amide bonds. The van der Waals surface area contributed by atoms with Gasteiger partial charge in [-0.2, -0.15) is 0 Å². The molecule has 0 atom stereocenters. The summed E-state index contributed by atoms with van der Waals surface area (Å²) in [7, 11) is 0. The normalized spacial score (nSPS) is 10.2. The van der Waals surface area contributed by atoms with Crippen molar-refractivity contribution < 1.29 is 4.79 Å². The first-order valence-corrected chi connectivity index (χ1v) is 4.85. The third-order valence-corrected chi connectivity index (χ3v) is 1.95.